The van der Waals surface area contributed by atoms with Gasteiger partial charge in [0.25, 0.3) is 0 Å². The largest absolute Gasteiger partial charge is 0.489 e. The van der Waals surface area contributed by atoms with Gasteiger partial charge in [-0.3, -0.25) is 0 Å². The highest BCUT2D eigenvalue weighted by atomic mass is 31.2. The van der Waals surface area contributed by atoms with Gasteiger partial charge in [-0.05, 0) is 70.6 Å². The van der Waals surface area contributed by atoms with Crippen LogP contribution in [0.5, 0.6) is 5.75 Å². The molecule has 0 radical (unpaired) electrons. The van der Waals surface area contributed by atoms with Gasteiger partial charge >= 0.3 is 0 Å². The number of hydrogen-bond donors (Lipinski definition) is 3. The second-order valence-corrected chi connectivity index (χ2v) is 12.4. The first-order chi connectivity index (χ1) is 20.4. The van der Waals surface area contributed by atoms with Crippen molar-refractivity contribution in [3.05, 3.63) is 54.7 Å². The number of anilines is 5. The topological polar surface area (TPSA) is 99.8 Å². The lowest BCUT2D eigenvalue weighted by Gasteiger charge is -2.38. The molecule has 10 nitrogen and oxygen atoms in total. The van der Waals surface area contributed by atoms with Crippen LogP contribution in [0.3, 0.4) is 0 Å². The van der Waals surface area contributed by atoms with Crippen molar-refractivity contribution in [2.24, 2.45) is 0 Å². The zero-order valence-electron chi connectivity index (χ0n) is 25.3. The van der Waals surface area contributed by atoms with E-state index in [0.717, 1.165) is 71.6 Å². The number of ether oxygens (including phenoxy) is 1. The van der Waals surface area contributed by atoms with Crippen molar-refractivity contribution in [1.82, 2.24) is 19.9 Å². The minimum Gasteiger partial charge on any atom is -0.489 e. The smallest absolute Gasteiger partial charge is 0.231 e. The second kappa shape index (κ2) is 13.7. The minimum absolute atomic E-state index is 0.0508. The van der Waals surface area contributed by atoms with E-state index in [2.05, 4.69) is 71.4 Å². The van der Waals surface area contributed by atoms with Crippen LogP contribution in [-0.4, -0.2) is 72.9 Å². The number of benzene rings is 2. The van der Waals surface area contributed by atoms with Crippen molar-refractivity contribution in [1.29, 1.82) is 0 Å². The van der Waals surface area contributed by atoms with Crippen molar-refractivity contribution in [3.63, 3.8) is 0 Å². The minimum atomic E-state index is -1.22. The van der Waals surface area contributed by atoms with Gasteiger partial charge in [0.1, 0.15) is 17.2 Å². The Morgan fingerprint density at radius 2 is 1.81 bits per heavy atom. The molecule has 0 spiro atoms. The molecule has 2 aromatic carbocycles. The van der Waals surface area contributed by atoms with Crippen molar-refractivity contribution < 1.29 is 13.8 Å². The van der Waals surface area contributed by atoms with E-state index in [-0.39, 0.29) is 6.10 Å². The van der Waals surface area contributed by atoms with Crippen LogP contribution in [0, 0.1) is 0 Å². The first-order valence-electron chi connectivity index (χ1n) is 14.5. The lowest BCUT2D eigenvalue weighted by molar-refractivity contribution is 0.215. The third kappa shape index (κ3) is 6.79. The molecule has 3 N–H and O–H groups in total. The summed E-state index contributed by atoms with van der Waals surface area (Å²) in [5, 5.41) is 8.72. The Labute approximate surface area is 249 Å². The number of aromatic nitrogens is 3. The molecular formula is C31H42N7O3P. The van der Waals surface area contributed by atoms with Gasteiger partial charge in [0.15, 0.2) is 0 Å². The summed E-state index contributed by atoms with van der Waals surface area (Å²) in [7, 11) is 4.30. The van der Waals surface area contributed by atoms with Gasteiger partial charge in [0.2, 0.25) is 14.3 Å². The molecule has 0 unspecified atom stereocenters. The first-order valence-corrected chi connectivity index (χ1v) is 15.7. The van der Waals surface area contributed by atoms with Crippen molar-refractivity contribution in [3.8, 4) is 5.75 Å². The van der Waals surface area contributed by atoms with Crippen LogP contribution in [0.2, 0.25) is 0 Å². The van der Waals surface area contributed by atoms with Gasteiger partial charge in [0.05, 0.1) is 28.2 Å². The predicted molar refractivity (Wildman–Crippen MR) is 173 cm³/mol. The van der Waals surface area contributed by atoms with E-state index in [4.69, 9.17) is 23.8 Å². The number of fused-ring (bicyclic) bond motifs is 1. The van der Waals surface area contributed by atoms with E-state index in [0.29, 0.717) is 17.8 Å². The molecule has 1 aliphatic heterocycles. The molecule has 1 fully saturated rings. The highest BCUT2D eigenvalue weighted by Crippen LogP contribution is 2.39. The fourth-order valence-electron chi connectivity index (χ4n) is 5.37. The lowest BCUT2D eigenvalue weighted by Crippen LogP contribution is -2.43. The summed E-state index contributed by atoms with van der Waals surface area (Å²) < 4.78 is 17.5. The highest BCUT2D eigenvalue weighted by molar-refractivity contribution is 7.56. The van der Waals surface area contributed by atoms with Gasteiger partial charge in [-0.2, -0.15) is 9.97 Å². The number of aromatic amines is 1. The summed E-state index contributed by atoms with van der Waals surface area (Å²) in [6.45, 7) is 9.43. The van der Waals surface area contributed by atoms with E-state index in [1.165, 1.54) is 0 Å². The Morgan fingerprint density at radius 1 is 1.05 bits per heavy atom. The maximum absolute atomic E-state index is 6.32. The van der Waals surface area contributed by atoms with Crippen LogP contribution in [-0.2, 0) is 9.05 Å². The molecule has 0 bridgehead atoms. The van der Waals surface area contributed by atoms with Crippen LogP contribution in [0.1, 0.15) is 33.6 Å². The normalized spacial score (nSPS) is 14.4. The van der Waals surface area contributed by atoms with Crippen LogP contribution in [0.25, 0.3) is 11.0 Å². The molecule has 4 aromatic rings. The summed E-state index contributed by atoms with van der Waals surface area (Å²) in [6.07, 6.45) is 4.20. The number of para-hydroxylation sites is 1. The van der Waals surface area contributed by atoms with E-state index < -0.39 is 8.38 Å². The SMILES string of the molecule is CCN(C)C1CCN(c2ccc(Nc3nc(Nc4ccccc4P(OC)OC)c4cc[nH]c4n3)cc2OC(C)C)CC1. The summed E-state index contributed by atoms with van der Waals surface area (Å²) in [5.74, 6) is 2.00. The van der Waals surface area contributed by atoms with Crippen molar-refractivity contribution in [2.45, 2.75) is 45.8 Å². The molecule has 0 amide bonds. The maximum Gasteiger partial charge on any atom is 0.231 e. The number of piperidine rings is 1. The van der Waals surface area contributed by atoms with Crippen LogP contribution in [0.4, 0.5) is 28.8 Å². The third-order valence-corrected chi connectivity index (χ3v) is 9.05. The van der Waals surface area contributed by atoms with E-state index >= 15 is 0 Å². The molecule has 5 rings (SSSR count). The van der Waals surface area contributed by atoms with Crippen LogP contribution >= 0.6 is 8.38 Å². The monoisotopic (exact) mass is 591 g/mol. The average molecular weight is 592 g/mol. The molecule has 2 aromatic heterocycles. The zero-order valence-corrected chi connectivity index (χ0v) is 26.2. The molecule has 0 aliphatic carbocycles. The van der Waals surface area contributed by atoms with E-state index in [9.17, 15) is 0 Å². The number of hydrogen-bond acceptors (Lipinski definition) is 9. The number of nitrogens with one attached hydrogen (secondary N) is 3. The summed E-state index contributed by atoms with van der Waals surface area (Å²) in [5.41, 5.74) is 3.57. The average Bonchev–Trinajstić information content (AvgIpc) is 3.47. The Hall–Kier alpha value is -3.43. The molecule has 3 heterocycles. The quantitative estimate of drug-likeness (QED) is 0.162. The fourth-order valence-corrected chi connectivity index (χ4v) is 6.44. The van der Waals surface area contributed by atoms with E-state index in [1.54, 1.807) is 14.2 Å². The van der Waals surface area contributed by atoms with Gasteiger partial charge in [-0.15, -0.1) is 0 Å². The van der Waals surface area contributed by atoms with Gasteiger partial charge < -0.3 is 39.2 Å². The molecule has 11 heteroatoms. The molecule has 1 saturated heterocycles. The second-order valence-electron chi connectivity index (χ2n) is 10.7. The highest BCUT2D eigenvalue weighted by Gasteiger charge is 2.24. The van der Waals surface area contributed by atoms with Gasteiger partial charge in [-0.1, -0.05) is 19.1 Å². The number of H-pyrrole nitrogens is 1. The third-order valence-electron chi connectivity index (χ3n) is 7.61. The standard InChI is InChI=1S/C31H42N7O3P/c1-7-37(4)23-15-18-38(19-16-23)26-13-12-22(20-27(26)41-21(2)3)33-31-35-29-24(14-17-32-29)30(36-31)34-25-10-8-9-11-28(25)42(39-5)40-6/h8-14,17,20-21,23H,7,15-16,18-19H2,1-6H3,(H3,32,33,34,35,36). The van der Waals surface area contributed by atoms with Crippen LogP contribution in [0.15, 0.2) is 54.7 Å². The van der Waals surface area contributed by atoms with E-state index in [1.807, 2.05) is 36.5 Å². The molecule has 0 saturated carbocycles. The van der Waals surface area contributed by atoms with Crippen molar-refractivity contribution in [2.75, 3.05) is 56.4 Å². The maximum atomic E-state index is 6.32. The number of nitrogens with zero attached hydrogens (tertiary/aromatic N) is 4. The lowest BCUT2D eigenvalue weighted by atomic mass is 10.0. The molecule has 0 atom stereocenters. The van der Waals surface area contributed by atoms with Crippen LogP contribution < -0.4 is 25.6 Å². The molecule has 224 valence electrons. The molecular weight excluding hydrogens is 549 g/mol. The molecule has 42 heavy (non-hydrogen) atoms. The Morgan fingerprint density at radius 3 is 2.52 bits per heavy atom. The van der Waals surface area contributed by atoms with Gasteiger partial charge in [-0.25, -0.2) is 0 Å². The molecule has 1 aliphatic rings. The van der Waals surface area contributed by atoms with Gasteiger partial charge in [0, 0.05) is 51.3 Å². The Balaban J connectivity index is 1.41. The summed E-state index contributed by atoms with van der Waals surface area (Å²) >= 11 is 0. The summed E-state index contributed by atoms with van der Waals surface area (Å²) in [6, 6.07) is 16.8. The van der Waals surface area contributed by atoms with Crippen molar-refractivity contribution >= 4 is 53.5 Å². The number of rotatable bonds is 12. The first kappa shape index (κ1) is 30.0. The summed E-state index contributed by atoms with van der Waals surface area (Å²) in [4.78, 5) is 17.7. The fraction of sp³-hybridized carbons (Fsp3) is 0.419. The Bertz CT molecular complexity index is 1470. The Kier molecular flexibility index (Phi) is 9.80. The zero-order chi connectivity index (χ0) is 29.6. The predicted octanol–water partition coefficient (Wildman–Crippen LogP) is 6.38.